The molecule has 134 valence electrons. The molecule has 3 aromatic rings. The highest BCUT2D eigenvalue weighted by molar-refractivity contribution is 7.85. The summed E-state index contributed by atoms with van der Waals surface area (Å²) in [5.74, 6) is -1.07. The lowest BCUT2D eigenvalue weighted by Gasteiger charge is -2.08. The summed E-state index contributed by atoms with van der Waals surface area (Å²) in [5, 5.41) is 38.1. The van der Waals surface area contributed by atoms with Crippen LogP contribution in [0.2, 0.25) is 5.02 Å². The number of halogens is 1. The van der Waals surface area contributed by atoms with Gasteiger partial charge in [-0.1, -0.05) is 17.7 Å². The van der Waals surface area contributed by atoms with Gasteiger partial charge in [-0.25, -0.2) is 0 Å². The molecule has 0 fully saturated rings. The number of phenols is 3. The number of phenolic OH excluding ortho intramolecular Hbond substituents is 3. The Morgan fingerprint density at radius 2 is 1.54 bits per heavy atom. The van der Waals surface area contributed by atoms with Gasteiger partial charge in [-0.3, -0.25) is 4.55 Å². The van der Waals surface area contributed by atoms with Crippen LogP contribution < -0.4 is 0 Å². The molecule has 8 nitrogen and oxygen atoms in total. The van der Waals surface area contributed by atoms with Gasteiger partial charge in [-0.15, -0.1) is 10.2 Å². The molecule has 4 N–H and O–H groups in total. The molecule has 0 amide bonds. The van der Waals surface area contributed by atoms with E-state index in [2.05, 4.69) is 10.2 Å². The number of nitrogens with zero attached hydrogens (tertiary/aromatic N) is 2. The molecule has 3 rings (SSSR count). The van der Waals surface area contributed by atoms with E-state index < -0.39 is 20.8 Å². The van der Waals surface area contributed by atoms with Crippen LogP contribution in [0.4, 0.5) is 11.4 Å². The second-order valence-electron chi connectivity index (χ2n) is 5.28. The summed E-state index contributed by atoms with van der Waals surface area (Å²) in [5.41, 5.74) is -0.121. The lowest BCUT2D eigenvalue weighted by atomic mass is 10.1. The van der Waals surface area contributed by atoms with Crippen LogP contribution in [0.3, 0.4) is 0 Å². The fourth-order valence-corrected chi connectivity index (χ4v) is 3.02. The lowest BCUT2D eigenvalue weighted by Crippen LogP contribution is -1.97. The van der Waals surface area contributed by atoms with E-state index in [9.17, 15) is 23.7 Å². The number of rotatable bonds is 3. The third-order valence-corrected chi connectivity index (χ3v) is 4.58. The molecule has 0 spiro atoms. The summed E-state index contributed by atoms with van der Waals surface area (Å²) < 4.78 is 31.7. The fourth-order valence-electron chi connectivity index (χ4n) is 2.32. The lowest BCUT2D eigenvalue weighted by molar-refractivity contribution is 0.468. The van der Waals surface area contributed by atoms with E-state index in [1.807, 2.05) is 0 Å². The summed E-state index contributed by atoms with van der Waals surface area (Å²) in [4.78, 5) is -0.511. The first-order valence-electron chi connectivity index (χ1n) is 7.03. The molecule has 0 saturated carbocycles. The Balaban J connectivity index is 2.21. The van der Waals surface area contributed by atoms with Gasteiger partial charge in [0.05, 0.1) is 10.3 Å². The molecule has 0 atom stereocenters. The Morgan fingerprint density at radius 1 is 0.846 bits per heavy atom. The topological polar surface area (TPSA) is 140 Å². The van der Waals surface area contributed by atoms with Crippen molar-refractivity contribution in [1.82, 2.24) is 0 Å². The highest BCUT2D eigenvalue weighted by Gasteiger charge is 2.17. The van der Waals surface area contributed by atoms with Crippen LogP contribution in [-0.4, -0.2) is 28.3 Å². The standard InChI is InChI=1S/C16H11ClN2O6S/c17-9-2-4-12(20)11(6-9)18-19-16-13(21)3-1-8-5-10(26(23,24)25)7-14(22)15(8)16/h1-7,20-22H,(H,23,24,25). The van der Waals surface area contributed by atoms with E-state index in [1.165, 1.54) is 30.3 Å². The van der Waals surface area contributed by atoms with Crippen LogP contribution in [-0.2, 0) is 10.1 Å². The Bertz CT molecular complexity index is 1160. The molecule has 0 saturated heterocycles. The number of hydrogen-bond acceptors (Lipinski definition) is 7. The van der Waals surface area contributed by atoms with Crippen molar-refractivity contribution in [3.8, 4) is 17.2 Å². The highest BCUT2D eigenvalue weighted by Crippen LogP contribution is 2.42. The van der Waals surface area contributed by atoms with Crippen molar-refractivity contribution < 1.29 is 28.3 Å². The third-order valence-electron chi connectivity index (χ3n) is 3.51. The first-order chi connectivity index (χ1) is 12.2. The van der Waals surface area contributed by atoms with Gasteiger partial charge in [0.25, 0.3) is 10.1 Å². The molecule has 0 aromatic heterocycles. The smallest absolute Gasteiger partial charge is 0.294 e. The molecule has 26 heavy (non-hydrogen) atoms. The van der Waals surface area contributed by atoms with Crippen LogP contribution in [0.5, 0.6) is 17.2 Å². The van der Waals surface area contributed by atoms with Crippen molar-refractivity contribution in [2.24, 2.45) is 10.2 Å². The average molecular weight is 395 g/mol. The second kappa shape index (κ2) is 6.45. The van der Waals surface area contributed by atoms with Crippen LogP contribution in [0.1, 0.15) is 0 Å². The summed E-state index contributed by atoms with van der Waals surface area (Å²) >= 11 is 5.83. The Hall–Kier alpha value is -2.88. The zero-order chi connectivity index (χ0) is 19.1. The van der Waals surface area contributed by atoms with Gasteiger partial charge in [-0.05, 0) is 35.7 Å². The monoisotopic (exact) mass is 394 g/mol. The van der Waals surface area contributed by atoms with Crippen molar-refractivity contribution in [3.63, 3.8) is 0 Å². The molecule has 0 unspecified atom stereocenters. The SMILES string of the molecule is O=S(=O)(O)c1cc(O)c2c(N=Nc3cc(Cl)ccc3O)c(O)ccc2c1. The maximum absolute atomic E-state index is 11.3. The van der Waals surface area contributed by atoms with Gasteiger partial charge in [0.1, 0.15) is 28.6 Å². The Morgan fingerprint density at radius 3 is 2.23 bits per heavy atom. The van der Waals surface area contributed by atoms with E-state index in [0.29, 0.717) is 5.02 Å². The summed E-state index contributed by atoms with van der Waals surface area (Å²) in [7, 11) is -4.53. The van der Waals surface area contributed by atoms with Gasteiger partial charge in [-0.2, -0.15) is 8.42 Å². The van der Waals surface area contributed by atoms with Gasteiger partial charge in [0.15, 0.2) is 0 Å². The summed E-state index contributed by atoms with van der Waals surface area (Å²) in [6.07, 6.45) is 0. The zero-order valence-corrected chi connectivity index (χ0v) is 14.4. The molecule has 0 bridgehead atoms. The third kappa shape index (κ3) is 3.40. The minimum absolute atomic E-state index is 0.0164. The second-order valence-corrected chi connectivity index (χ2v) is 7.14. The summed E-state index contributed by atoms with van der Waals surface area (Å²) in [6, 6.07) is 8.62. The van der Waals surface area contributed by atoms with Crippen molar-refractivity contribution in [2.45, 2.75) is 4.90 Å². The molecular weight excluding hydrogens is 384 g/mol. The predicted octanol–water partition coefficient (Wildman–Crippen LogP) is 4.27. The molecule has 10 heteroatoms. The van der Waals surface area contributed by atoms with Crippen molar-refractivity contribution in [2.75, 3.05) is 0 Å². The van der Waals surface area contributed by atoms with E-state index in [1.54, 1.807) is 0 Å². The first-order valence-corrected chi connectivity index (χ1v) is 8.85. The number of benzene rings is 3. The van der Waals surface area contributed by atoms with Crippen LogP contribution in [0, 0.1) is 0 Å². The van der Waals surface area contributed by atoms with Crippen LogP contribution >= 0.6 is 11.6 Å². The van der Waals surface area contributed by atoms with Crippen LogP contribution in [0.15, 0.2) is 57.6 Å². The number of aromatic hydroxyl groups is 3. The van der Waals surface area contributed by atoms with E-state index in [4.69, 9.17) is 16.2 Å². The van der Waals surface area contributed by atoms with Crippen molar-refractivity contribution >= 4 is 43.9 Å². The van der Waals surface area contributed by atoms with Gasteiger partial charge < -0.3 is 15.3 Å². The Labute approximate surface area is 152 Å². The van der Waals surface area contributed by atoms with Crippen LogP contribution in [0.25, 0.3) is 10.8 Å². The fraction of sp³-hybridized carbons (Fsp3) is 0. The average Bonchev–Trinajstić information content (AvgIpc) is 2.56. The predicted molar refractivity (Wildman–Crippen MR) is 94.4 cm³/mol. The molecular formula is C16H11ClN2O6S. The zero-order valence-electron chi connectivity index (χ0n) is 12.8. The molecule has 0 heterocycles. The maximum Gasteiger partial charge on any atom is 0.294 e. The number of azo groups is 1. The van der Waals surface area contributed by atoms with E-state index in [0.717, 1.165) is 12.1 Å². The van der Waals surface area contributed by atoms with Gasteiger partial charge >= 0.3 is 0 Å². The minimum Gasteiger partial charge on any atom is -0.507 e. The Kier molecular flexibility index (Phi) is 4.45. The molecule has 0 radical (unpaired) electrons. The molecule has 3 aromatic carbocycles. The summed E-state index contributed by atoms with van der Waals surface area (Å²) in [6.45, 7) is 0. The van der Waals surface area contributed by atoms with Crippen molar-refractivity contribution in [1.29, 1.82) is 0 Å². The van der Waals surface area contributed by atoms with Gasteiger partial charge in [0, 0.05) is 11.1 Å². The van der Waals surface area contributed by atoms with Crippen molar-refractivity contribution in [3.05, 3.63) is 47.5 Å². The molecule has 0 aliphatic rings. The first kappa shape index (κ1) is 17.9. The normalized spacial score (nSPS) is 12.1. The largest absolute Gasteiger partial charge is 0.507 e. The van der Waals surface area contributed by atoms with E-state index >= 15 is 0 Å². The molecule has 0 aliphatic heterocycles. The number of fused-ring (bicyclic) bond motifs is 1. The van der Waals surface area contributed by atoms with Gasteiger partial charge in [0.2, 0.25) is 0 Å². The molecule has 0 aliphatic carbocycles. The minimum atomic E-state index is -4.53. The quantitative estimate of drug-likeness (QED) is 0.386. The highest BCUT2D eigenvalue weighted by atomic mass is 35.5. The number of hydrogen-bond donors (Lipinski definition) is 4. The van der Waals surface area contributed by atoms with E-state index in [-0.39, 0.29) is 33.6 Å². The maximum atomic E-state index is 11.3.